The average molecular weight is 281 g/mol. The molecule has 0 bridgehead atoms. The van der Waals surface area contributed by atoms with E-state index in [-0.39, 0.29) is 11.3 Å². The van der Waals surface area contributed by atoms with Gasteiger partial charge in [0.1, 0.15) is 0 Å². The molecule has 4 nitrogen and oxygen atoms in total. The number of amides is 1. The molecule has 1 aliphatic rings. The second kappa shape index (κ2) is 6.01. The fraction of sp³-hybridized carbons (Fsp3) is 0.714. The maximum atomic E-state index is 12.6. The lowest BCUT2D eigenvalue weighted by Gasteiger charge is -2.35. The van der Waals surface area contributed by atoms with Crippen molar-refractivity contribution in [2.45, 2.75) is 46.5 Å². The molecule has 5 heteroatoms. The van der Waals surface area contributed by atoms with Gasteiger partial charge in [-0.25, -0.2) is 4.98 Å². The van der Waals surface area contributed by atoms with Crippen molar-refractivity contribution in [2.75, 3.05) is 18.4 Å². The number of carbonyl (C=O) groups is 1. The Balaban J connectivity index is 2.11. The lowest BCUT2D eigenvalue weighted by Crippen LogP contribution is -2.48. The summed E-state index contributed by atoms with van der Waals surface area (Å²) in [6.45, 7) is 7.96. The van der Waals surface area contributed by atoms with Gasteiger partial charge in [-0.2, -0.15) is 0 Å². The van der Waals surface area contributed by atoms with E-state index in [1.807, 2.05) is 13.8 Å². The Kier molecular flexibility index (Phi) is 4.58. The lowest BCUT2D eigenvalue weighted by molar-refractivity contribution is -0.127. The maximum Gasteiger partial charge on any atom is 0.233 e. The molecule has 1 fully saturated rings. The van der Waals surface area contributed by atoms with Gasteiger partial charge in [0.25, 0.3) is 0 Å². The fourth-order valence-corrected chi connectivity index (χ4v) is 3.53. The van der Waals surface area contributed by atoms with Crippen molar-refractivity contribution in [2.24, 2.45) is 5.41 Å². The first kappa shape index (κ1) is 14.5. The molecule has 1 amide bonds. The third-order valence-electron chi connectivity index (χ3n) is 3.93. The molecule has 2 N–H and O–H groups in total. The highest BCUT2D eigenvalue weighted by molar-refractivity contribution is 7.15. The molecular weight excluding hydrogens is 258 g/mol. The molecule has 0 aromatic carbocycles. The summed E-state index contributed by atoms with van der Waals surface area (Å²) in [6, 6.07) is 0. The molecule has 1 aromatic rings. The van der Waals surface area contributed by atoms with Crippen LogP contribution in [0.15, 0.2) is 0 Å². The molecule has 0 saturated carbocycles. The van der Waals surface area contributed by atoms with E-state index < -0.39 is 0 Å². The van der Waals surface area contributed by atoms with Crippen molar-refractivity contribution >= 4 is 22.4 Å². The van der Waals surface area contributed by atoms with Crippen LogP contribution in [0.5, 0.6) is 0 Å². The van der Waals surface area contributed by atoms with E-state index in [0.717, 1.165) is 49.6 Å². The standard InChI is InChI=1S/C14H23N3OS/c1-4-6-14(7-5-8-15-9-14)12(18)17-13-16-10(2)11(3)19-13/h15H,4-9H2,1-3H3,(H,16,17,18). The Morgan fingerprint density at radius 3 is 2.84 bits per heavy atom. The van der Waals surface area contributed by atoms with E-state index in [2.05, 4.69) is 22.5 Å². The fourth-order valence-electron chi connectivity index (χ4n) is 2.72. The number of hydrogen-bond donors (Lipinski definition) is 2. The van der Waals surface area contributed by atoms with Crippen LogP contribution in [0.1, 0.15) is 43.2 Å². The molecule has 0 radical (unpaired) electrons. The highest BCUT2D eigenvalue weighted by atomic mass is 32.1. The number of hydrogen-bond acceptors (Lipinski definition) is 4. The van der Waals surface area contributed by atoms with Crippen LogP contribution in [0.4, 0.5) is 5.13 Å². The molecule has 19 heavy (non-hydrogen) atoms. The monoisotopic (exact) mass is 281 g/mol. The highest BCUT2D eigenvalue weighted by Crippen LogP contribution is 2.33. The van der Waals surface area contributed by atoms with Crippen molar-refractivity contribution in [3.8, 4) is 0 Å². The first-order valence-electron chi connectivity index (χ1n) is 7.03. The summed E-state index contributed by atoms with van der Waals surface area (Å²) in [5.74, 6) is 0.135. The summed E-state index contributed by atoms with van der Waals surface area (Å²) < 4.78 is 0. The molecule has 106 valence electrons. The van der Waals surface area contributed by atoms with Crippen molar-refractivity contribution in [1.82, 2.24) is 10.3 Å². The number of aromatic nitrogens is 1. The van der Waals surface area contributed by atoms with Crippen molar-refractivity contribution in [1.29, 1.82) is 0 Å². The molecule has 2 rings (SSSR count). The number of rotatable bonds is 4. The Labute approximate surface area is 119 Å². The van der Waals surface area contributed by atoms with Gasteiger partial charge in [-0.3, -0.25) is 4.79 Å². The van der Waals surface area contributed by atoms with Gasteiger partial charge in [0.15, 0.2) is 5.13 Å². The zero-order chi connectivity index (χ0) is 13.9. The van der Waals surface area contributed by atoms with E-state index in [0.29, 0.717) is 0 Å². The van der Waals surface area contributed by atoms with Crippen LogP contribution < -0.4 is 10.6 Å². The Morgan fingerprint density at radius 1 is 1.53 bits per heavy atom. The molecule has 1 aliphatic heterocycles. The van der Waals surface area contributed by atoms with Crippen molar-refractivity contribution < 1.29 is 4.79 Å². The summed E-state index contributed by atoms with van der Waals surface area (Å²) in [5, 5.41) is 7.13. The molecule has 0 aliphatic carbocycles. The van der Waals surface area contributed by atoms with Crippen LogP contribution in [0.3, 0.4) is 0 Å². The van der Waals surface area contributed by atoms with E-state index >= 15 is 0 Å². The van der Waals surface area contributed by atoms with Crippen LogP contribution in [0.25, 0.3) is 0 Å². The van der Waals surface area contributed by atoms with Gasteiger partial charge in [-0.1, -0.05) is 13.3 Å². The summed E-state index contributed by atoms with van der Waals surface area (Å²) in [5.41, 5.74) is 0.757. The number of nitrogens with zero attached hydrogens (tertiary/aromatic N) is 1. The summed E-state index contributed by atoms with van der Waals surface area (Å²) in [6.07, 6.45) is 4.02. The quantitative estimate of drug-likeness (QED) is 0.892. The van der Waals surface area contributed by atoms with Crippen molar-refractivity contribution in [3.05, 3.63) is 10.6 Å². The van der Waals surface area contributed by atoms with Gasteiger partial charge in [0.2, 0.25) is 5.91 Å². The average Bonchev–Trinajstić information content (AvgIpc) is 2.69. The summed E-state index contributed by atoms with van der Waals surface area (Å²) >= 11 is 1.56. The molecule has 1 atom stereocenters. The smallest absolute Gasteiger partial charge is 0.233 e. The minimum absolute atomic E-state index is 0.135. The van der Waals surface area contributed by atoms with E-state index in [4.69, 9.17) is 0 Å². The van der Waals surface area contributed by atoms with Crippen molar-refractivity contribution in [3.63, 3.8) is 0 Å². The van der Waals surface area contributed by atoms with Crippen LogP contribution in [-0.4, -0.2) is 24.0 Å². The van der Waals surface area contributed by atoms with Crippen LogP contribution in [0, 0.1) is 19.3 Å². The van der Waals surface area contributed by atoms with Crippen LogP contribution in [-0.2, 0) is 4.79 Å². The summed E-state index contributed by atoms with van der Waals surface area (Å²) in [4.78, 5) is 18.2. The minimum atomic E-state index is -0.250. The third-order valence-corrected chi connectivity index (χ3v) is 4.92. The van der Waals surface area contributed by atoms with Gasteiger partial charge in [-0.15, -0.1) is 11.3 Å². The Bertz CT molecular complexity index is 425. The van der Waals surface area contributed by atoms with E-state index in [1.165, 1.54) is 4.88 Å². The van der Waals surface area contributed by atoms with Gasteiger partial charge < -0.3 is 10.6 Å². The number of nitrogens with one attached hydrogen (secondary N) is 2. The Morgan fingerprint density at radius 2 is 2.32 bits per heavy atom. The number of carbonyl (C=O) groups excluding carboxylic acids is 1. The zero-order valence-corrected chi connectivity index (χ0v) is 12.8. The normalized spacial score (nSPS) is 23.3. The number of anilines is 1. The molecule has 0 spiro atoms. The van der Waals surface area contributed by atoms with Gasteiger partial charge in [0, 0.05) is 11.4 Å². The van der Waals surface area contributed by atoms with Crippen LogP contribution in [0.2, 0.25) is 0 Å². The number of aryl methyl sites for hydroxylation is 2. The second-order valence-electron chi connectivity index (χ2n) is 5.43. The van der Waals surface area contributed by atoms with Crippen LogP contribution >= 0.6 is 11.3 Å². The number of thiazole rings is 1. The van der Waals surface area contributed by atoms with Gasteiger partial charge >= 0.3 is 0 Å². The molecule has 1 unspecified atom stereocenters. The maximum absolute atomic E-state index is 12.6. The van der Waals surface area contributed by atoms with Gasteiger partial charge in [-0.05, 0) is 39.7 Å². The first-order chi connectivity index (χ1) is 9.07. The minimum Gasteiger partial charge on any atom is -0.316 e. The van der Waals surface area contributed by atoms with E-state index in [1.54, 1.807) is 11.3 Å². The number of piperidine rings is 1. The SMILES string of the molecule is CCCC1(C(=O)Nc2nc(C)c(C)s2)CCCNC1. The zero-order valence-electron chi connectivity index (χ0n) is 12.0. The molecule has 1 aromatic heterocycles. The molecule has 2 heterocycles. The topological polar surface area (TPSA) is 54.0 Å². The predicted octanol–water partition coefficient (Wildman–Crippen LogP) is 2.87. The molecular formula is C14H23N3OS. The Hall–Kier alpha value is -0.940. The first-order valence-corrected chi connectivity index (χ1v) is 7.85. The van der Waals surface area contributed by atoms with Gasteiger partial charge in [0.05, 0.1) is 11.1 Å². The highest BCUT2D eigenvalue weighted by Gasteiger charge is 2.38. The lowest BCUT2D eigenvalue weighted by atomic mass is 9.76. The third kappa shape index (κ3) is 3.15. The molecule has 1 saturated heterocycles. The van der Waals surface area contributed by atoms with E-state index in [9.17, 15) is 4.79 Å². The summed E-state index contributed by atoms with van der Waals surface area (Å²) in [7, 11) is 0. The second-order valence-corrected chi connectivity index (χ2v) is 6.63. The largest absolute Gasteiger partial charge is 0.316 e. The predicted molar refractivity (Wildman–Crippen MR) is 79.7 cm³/mol.